The molecule has 0 saturated carbocycles. The fraction of sp³-hybridized carbons (Fsp3) is 0.107. The molecular weight excluding hydrogens is 475 g/mol. The Morgan fingerprint density at radius 2 is 1.82 bits per heavy atom. The number of fused-ring (bicyclic) bond motifs is 1. The van der Waals surface area contributed by atoms with Gasteiger partial charge in [0.2, 0.25) is 0 Å². The second-order valence-corrected chi connectivity index (χ2v) is 9.12. The van der Waals surface area contributed by atoms with Crippen LogP contribution < -0.4 is 4.74 Å². The molecule has 10 heteroatoms. The van der Waals surface area contributed by atoms with E-state index in [0.29, 0.717) is 13.1 Å². The van der Waals surface area contributed by atoms with E-state index in [9.17, 15) is 0 Å². The van der Waals surface area contributed by atoms with Gasteiger partial charge >= 0.3 is 0 Å². The lowest BCUT2D eigenvalue weighted by atomic mass is 10.1. The van der Waals surface area contributed by atoms with E-state index in [1.54, 1.807) is 23.2 Å². The highest BCUT2D eigenvalue weighted by atomic mass is 16.5. The van der Waals surface area contributed by atoms with E-state index < -0.39 is 0 Å². The van der Waals surface area contributed by atoms with Gasteiger partial charge in [-0.05, 0) is 49.4 Å². The van der Waals surface area contributed by atoms with Crippen LogP contribution in [0.15, 0.2) is 91.6 Å². The molecule has 6 aromatic rings. The fourth-order valence-electron chi connectivity index (χ4n) is 4.40. The molecule has 0 amide bonds. The zero-order valence-corrected chi connectivity index (χ0v) is 21.1. The van der Waals surface area contributed by atoms with Gasteiger partial charge in [-0.3, -0.25) is 9.97 Å². The van der Waals surface area contributed by atoms with E-state index in [4.69, 9.17) is 14.7 Å². The number of ether oxygens (including phenoxy) is 1. The molecule has 0 spiro atoms. The second-order valence-electron chi connectivity index (χ2n) is 9.12. The van der Waals surface area contributed by atoms with Gasteiger partial charge in [-0.2, -0.15) is 5.10 Å². The summed E-state index contributed by atoms with van der Waals surface area (Å²) in [6.07, 6.45) is 6.95. The molecule has 1 N–H and O–H groups in total. The first-order valence-corrected chi connectivity index (χ1v) is 12.3. The van der Waals surface area contributed by atoms with Gasteiger partial charge in [-0.25, -0.2) is 14.5 Å². The summed E-state index contributed by atoms with van der Waals surface area (Å²) in [5.41, 5.74) is 6.28. The summed E-state index contributed by atoms with van der Waals surface area (Å²) in [4.78, 5) is 23.8. The van der Waals surface area contributed by atoms with Crippen molar-refractivity contribution in [3.8, 4) is 34.1 Å². The number of para-hydroxylation sites is 1. The van der Waals surface area contributed by atoms with Crippen molar-refractivity contribution in [1.29, 1.82) is 0 Å². The Balaban J connectivity index is 1.29. The highest BCUT2D eigenvalue weighted by Gasteiger charge is 2.18. The number of hydrogen-bond acceptors (Lipinski definition) is 7. The molecule has 1 aromatic carbocycles. The molecule has 0 aliphatic carbocycles. The molecule has 5 aromatic heterocycles. The van der Waals surface area contributed by atoms with E-state index in [1.165, 1.54) is 0 Å². The topological polar surface area (TPSA) is 97.1 Å². The predicted molar refractivity (Wildman–Crippen MR) is 147 cm³/mol. The van der Waals surface area contributed by atoms with Crippen molar-refractivity contribution in [2.24, 2.45) is 0 Å². The first-order valence-electron chi connectivity index (χ1n) is 12.3. The Kier molecular flexibility index (Phi) is 6.37. The lowest BCUT2D eigenvalue weighted by Crippen LogP contribution is -2.20. The smallest absolute Gasteiger partial charge is 0.186 e. The normalized spacial score (nSPS) is 11.3. The van der Waals surface area contributed by atoms with E-state index in [-0.39, 0.29) is 0 Å². The van der Waals surface area contributed by atoms with Gasteiger partial charge in [0.1, 0.15) is 29.3 Å². The number of aromatic nitrogens is 7. The Bertz CT molecular complexity index is 1700. The molecule has 0 aliphatic rings. The van der Waals surface area contributed by atoms with Crippen LogP contribution in [0.25, 0.3) is 28.3 Å². The van der Waals surface area contributed by atoms with Gasteiger partial charge in [0.05, 0.1) is 11.4 Å². The highest BCUT2D eigenvalue weighted by molar-refractivity contribution is 6.04. The third-order valence-electron chi connectivity index (χ3n) is 6.16. The molecule has 0 fully saturated rings. The van der Waals surface area contributed by atoms with E-state index in [0.717, 1.165) is 56.9 Å². The standard InChI is InChI=1S/C28H25BN8O/c1-19-5-4-7-23(33-19)28-27(21-9-10-26-31-18-32-37(26)16-21)34-25(35-28)17-36(29)15-20-6-2-3-8-24(20)38-22-11-13-30-14-12-22/h2-14,16,18H,15,17,29H2,1H3,(H,34,35). The highest BCUT2D eigenvalue weighted by Crippen LogP contribution is 2.30. The number of aryl methyl sites for hydroxylation is 1. The Morgan fingerprint density at radius 1 is 0.947 bits per heavy atom. The summed E-state index contributed by atoms with van der Waals surface area (Å²) < 4.78 is 7.89. The molecule has 0 saturated heterocycles. The van der Waals surface area contributed by atoms with E-state index in [1.807, 2.05) is 73.8 Å². The molecule has 0 aliphatic heterocycles. The Morgan fingerprint density at radius 3 is 2.68 bits per heavy atom. The van der Waals surface area contributed by atoms with Crippen LogP contribution in [-0.2, 0) is 13.1 Å². The lowest BCUT2D eigenvalue weighted by Gasteiger charge is -2.18. The molecule has 6 rings (SSSR count). The molecule has 38 heavy (non-hydrogen) atoms. The summed E-state index contributed by atoms with van der Waals surface area (Å²) in [7, 11) is 2.07. The van der Waals surface area contributed by atoms with Crippen LogP contribution >= 0.6 is 0 Å². The fourth-order valence-corrected chi connectivity index (χ4v) is 4.40. The average molecular weight is 500 g/mol. The molecule has 186 valence electrons. The van der Waals surface area contributed by atoms with Gasteiger partial charge in [0.15, 0.2) is 13.6 Å². The molecule has 5 heterocycles. The molecule has 0 unspecified atom stereocenters. The minimum absolute atomic E-state index is 0.605. The Hall–Kier alpha value is -4.83. The van der Waals surface area contributed by atoms with Gasteiger partial charge in [-0.15, -0.1) is 0 Å². The van der Waals surface area contributed by atoms with Crippen LogP contribution in [0.2, 0.25) is 0 Å². The van der Waals surface area contributed by atoms with Crippen molar-refractivity contribution in [2.45, 2.75) is 20.0 Å². The number of nitrogens with zero attached hydrogens (tertiary/aromatic N) is 7. The zero-order valence-electron chi connectivity index (χ0n) is 21.1. The summed E-state index contributed by atoms with van der Waals surface area (Å²) in [6, 6.07) is 21.7. The monoisotopic (exact) mass is 500 g/mol. The van der Waals surface area contributed by atoms with Crippen LogP contribution in [0.4, 0.5) is 0 Å². The summed E-state index contributed by atoms with van der Waals surface area (Å²) in [6.45, 7) is 3.27. The number of pyridine rings is 3. The maximum absolute atomic E-state index is 6.13. The molecule has 9 nitrogen and oxygen atoms in total. The van der Waals surface area contributed by atoms with Crippen LogP contribution in [0.3, 0.4) is 0 Å². The van der Waals surface area contributed by atoms with Crippen LogP contribution in [0.1, 0.15) is 17.1 Å². The molecule has 0 atom stereocenters. The van der Waals surface area contributed by atoms with Crippen molar-refractivity contribution < 1.29 is 4.74 Å². The van der Waals surface area contributed by atoms with Crippen molar-refractivity contribution in [2.75, 3.05) is 0 Å². The number of aromatic amines is 1. The minimum atomic E-state index is 0.605. The van der Waals surface area contributed by atoms with Crippen molar-refractivity contribution >= 4 is 13.6 Å². The van der Waals surface area contributed by atoms with Gasteiger partial charge in [0, 0.05) is 48.5 Å². The third kappa shape index (κ3) is 5.02. The summed E-state index contributed by atoms with van der Waals surface area (Å²) in [5, 5.41) is 4.29. The third-order valence-corrected chi connectivity index (χ3v) is 6.16. The second kappa shape index (κ2) is 10.3. The summed E-state index contributed by atoms with van der Waals surface area (Å²) >= 11 is 0. The van der Waals surface area contributed by atoms with Gasteiger partial charge in [-0.1, -0.05) is 24.3 Å². The number of nitrogens with one attached hydrogen (secondary N) is 1. The molecule has 0 bridgehead atoms. The lowest BCUT2D eigenvalue weighted by molar-refractivity contribution is 0.413. The summed E-state index contributed by atoms with van der Waals surface area (Å²) in [5.74, 6) is 2.41. The predicted octanol–water partition coefficient (Wildman–Crippen LogP) is 4.23. The van der Waals surface area contributed by atoms with Crippen molar-refractivity contribution in [1.82, 2.24) is 39.3 Å². The number of imidazole rings is 1. The van der Waals surface area contributed by atoms with Crippen LogP contribution in [0.5, 0.6) is 11.5 Å². The number of benzene rings is 1. The molecule has 0 radical (unpaired) electrons. The van der Waals surface area contributed by atoms with Crippen LogP contribution in [-0.4, -0.2) is 47.3 Å². The number of H-pyrrole nitrogens is 1. The van der Waals surface area contributed by atoms with Crippen LogP contribution in [0, 0.1) is 6.92 Å². The van der Waals surface area contributed by atoms with Crippen molar-refractivity contribution in [3.05, 3.63) is 109 Å². The average Bonchev–Trinajstić information content (AvgIpc) is 3.57. The molecular formula is C28H25BN8O. The first-order chi connectivity index (χ1) is 18.6. The maximum atomic E-state index is 6.13. The number of hydrogen-bond donors (Lipinski definition) is 1. The quantitative estimate of drug-likeness (QED) is 0.313. The van der Waals surface area contributed by atoms with Gasteiger partial charge in [0.25, 0.3) is 0 Å². The van der Waals surface area contributed by atoms with E-state index >= 15 is 0 Å². The number of rotatable bonds is 8. The van der Waals surface area contributed by atoms with Crippen molar-refractivity contribution in [3.63, 3.8) is 0 Å². The first kappa shape index (κ1) is 23.6. The zero-order chi connectivity index (χ0) is 25.9. The van der Waals surface area contributed by atoms with Gasteiger partial charge < -0.3 is 14.5 Å². The maximum Gasteiger partial charge on any atom is 0.186 e. The SMILES string of the molecule is BN(Cc1nc(-c2cccc(C)n2)c(-c2ccc3ncnn3c2)[nH]1)Cc1ccccc1Oc1ccncc1. The largest absolute Gasteiger partial charge is 0.457 e. The van der Waals surface area contributed by atoms with E-state index in [2.05, 4.69) is 38.9 Å². The Labute approximate surface area is 220 Å². The minimum Gasteiger partial charge on any atom is -0.457 e.